The standard InChI is InChI=1S/C24H30FN3O4/c1-16(29)28(5)15-17-7-6-8-20(13-17)27-22(30)21(18-9-11-19(25)12-10-18)14-26-23(31)32-24(2,3)4/h6-13,21H,14-15H2,1-5H3,(H,26,31)(H,27,30). The van der Waals surface area contributed by atoms with Gasteiger partial charge in [-0.05, 0) is 56.2 Å². The first-order chi connectivity index (χ1) is 14.9. The second-order valence-corrected chi connectivity index (χ2v) is 8.55. The molecule has 1 unspecified atom stereocenters. The highest BCUT2D eigenvalue weighted by molar-refractivity contribution is 5.96. The number of hydrogen-bond acceptors (Lipinski definition) is 4. The van der Waals surface area contributed by atoms with Gasteiger partial charge in [0.25, 0.3) is 0 Å². The summed E-state index contributed by atoms with van der Waals surface area (Å²) in [7, 11) is 1.69. The van der Waals surface area contributed by atoms with E-state index in [0.29, 0.717) is 17.8 Å². The van der Waals surface area contributed by atoms with Gasteiger partial charge in [-0.25, -0.2) is 9.18 Å². The second kappa shape index (κ2) is 10.7. The van der Waals surface area contributed by atoms with Crippen molar-refractivity contribution in [3.05, 3.63) is 65.5 Å². The zero-order valence-electron chi connectivity index (χ0n) is 19.1. The molecule has 0 heterocycles. The number of ether oxygens (including phenoxy) is 1. The molecule has 8 heteroatoms. The third-order valence-electron chi connectivity index (χ3n) is 4.59. The number of nitrogens with one attached hydrogen (secondary N) is 2. The number of anilines is 1. The molecule has 0 fully saturated rings. The number of rotatable bonds is 7. The molecule has 32 heavy (non-hydrogen) atoms. The van der Waals surface area contributed by atoms with Crippen molar-refractivity contribution >= 4 is 23.6 Å². The Labute approximate surface area is 187 Å². The SMILES string of the molecule is CC(=O)N(C)Cc1cccc(NC(=O)C(CNC(=O)OC(C)(C)C)c2ccc(F)cc2)c1. The quantitative estimate of drug-likeness (QED) is 0.676. The summed E-state index contributed by atoms with van der Waals surface area (Å²) in [5.74, 6) is -1.63. The molecule has 0 saturated heterocycles. The molecule has 0 bridgehead atoms. The van der Waals surface area contributed by atoms with E-state index in [9.17, 15) is 18.8 Å². The topological polar surface area (TPSA) is 87.7 Å². The minimum atomic E-state index is -0.772. The molecule has 0 saturated carbocycles. The summed E-state index contributed by atoms with van der Waals surface area (Å²) in [6.45, 7) is 7.09. The summed E-state index contributed by atoms with van der Waals surface area (Å²) in [5, 5.41) is 5.45. The maximum atomic E-state index is 13.4. The van der Waals surface area contributed by atoms with Gasteiger partial charge in [0.05, 0.1) is 5.92 Å². The highest BCUT2D eigenvalue weighted by Gasteiger charge is 2.24. The van der Waals surface area contributed by atoms with Gasteiger partial charge in [0.2, 0.25) is 11.8 Å². The van der Waals surface area contributed by atoms with Crippen molar-refractivity contribution in [1.82, 2.24) is 10.2 Å². The van der Waals surface area contributed by atoms with Crippen LogP contribution in [0.4, 0.5) is 14.9 Å². The average Bonchev–Trinajstić information content (AvgIpc) is 2.68. The molecule has 0 aliphatic rings. The van der Waals surface area contributed by atoms with Crippen LogP contribution in [0.15, 0.2) is 48.5 Å². The predicted octanol–water partition coefficient (Wildman–Crippen LogP) is 4.05. The first-order valence-electron chi connectivity index (χ1n) is 10.3. The third-order valence-corrected chi connectivity index (χ3v) is 4.59. The molecule has 172 valence electrons. The summed E-state index contributed by atoms with van der Waals surface area (Å²) in [4.78, 5) is 38.2. The van der Waals surface area contributed by atoms with Gasteiger partial charge >= 0.3 is 6.09 Å². The van der Waals surface area contributed by atoms with Crippen molar-refractivity contribution in [2.75, 3.05) is 18.9 Å². The van der Waals surface area contributed by atoms with E-state index in [1.165, 1.54) is 31.2 Å². The molecule has 0 aliphatic heterocycles. The molecule has 2 rings (SSSR count). The summed E-state index contributed by atoms with van der Waals surface area (Å²) in [6.07, 6.45) is -0.647. The number of benzene rings is 2. The van der Waals surface area contributed by atoms with Crippen LogP contribution < -0.4 is 10.6 Å². The molecule has 7 nitrogen and oxygen atoms in total. The summed E-state index contributed by atoms with van der Waals surface area (Å²) in [5.41, 5.74) is 1.28. The second-order valence-electron chi connectivity index (χ2n) is 8.55. The molecule has 0 aliphatic carbocycles. The zero-order chi connectivity index (χ0) is 23.9. The maximum Gasteiger partial charge on any atom is 0.407 e. The number of nitrogens with zero attached hydrogens (tertiary/aromatic N) is 1. The Morgan fingerprint density at radius 2 is 1.75 bits per heavy atom. The van der Waals surface area contributed by atoms with Crippen molar-refractivity contribution in [2.24, 2.45) is 0 Å². The van der Waals surface area contributed by atoms with E-state index < -0.39 is 23.4 Å². The molecule has 2 N–H and O–H groups in total. The number of amides is 3. The molecule has 0 spiro atoms. The van der Waals surface area contributed by atoms with Crippen LogP contribution in [0.1, 0.15) is 44.7 Å². The lowest BCUT2D eigenvalue weighted by Gasteiger charge is -2.22. The van der Waals surface area contributed by atoms with Crippen molar-refractivity contribution in [1.29, 1.82) is 0 Å². The largest absolute Gasteiger partial charge is 0.444 e. The normalized spacial score (nSPS) is 11.9. The van der Waals surface area contributed by atoms with Crippen LogP contribution in [0.3, 0.4) is 0 Å². The lowest BCUT2D eigenvalue weighted by Crippen LogP contribution is -2.37. The van der Waals surface area contributed by atoms with Crippen molar-refractivity contribution in [2.45, 2.75) is 45.8 Å². The van der Waals surface area contributed by atoms with Gasteiger partial charge in [-0.1, -0.05) is 24.3 Å². The summed E-state index contributed by atoms with van der Waals surface area (Å²) in [6, 6.07) is 12.7. The summed E-state index contributed by atoms with van der Waals surface area (Å²) < 4.78 is 18.6. The number of carbonyl (C=O) groups is 3. The van der Waals surface area contributed by atoms with Gasteiger partial charge < -0.3 is 20.3 Å². The number of halogens is 1. The van der Waals surface area contributed by atoms with Gasteiger partial charge in [0.15, 0.2) is 0 Å². The third kappa shape index (κ3) is 8.02. The highest BCUT2D eigenvalue weighted by Crippen LogP contribution is 2.20. The Balaban J connectivity index is 2.16. The molecule has 2 aromatic carbocycles. The molecule has 1 atom stereocenters. The van der Waals surface area contributed by atoms with Crippen molar-refractivity contribution < 1.29 is 23.5 Å². The maximum absolute atomic E-state index is 13.4. The van der Waals surface area contributed by atoms with Crippen LogP contribution in [0.2, 0.25) is 0 Å². The molecule has 3 amide bonds. The lowest BCUT2D eigenvalue weighted by atomic mass is 9.97. The lowest BCUT2D eigenvalue weighted by molar-refractivity contribution is -0.128. The minimum Gasteiger partial charge on any atom is -0.444 e. The molecular formula is C24H30FN3O4. The van der Waals surface area contributed by atoms with Crippen LogP contribution in [0.25, 0.3) is 0 Å². The monoisotopic (exact) mass is 443 g/mol. The van der Waals surface area contributed by atoms with E-state index >= 15 is 0 Å². The van der Waals surface area contributed by atoms with Crippen LogP contribution in [-0.2, 0) is 20.9 Å². The molecular weight excluding hydrogens is 413 g/mol. The Kier molecular flexibility index (Phi) is 8.34. The highest BCUT2D eigenvalue weighted by atomic mass is 19.1. The minimum absolute atomic E-state index is 0.0286. The Morgan fingerprint density at radius 3 is 2.34 bits per heavy atom. The first-order valence-corrected chi connectivity index (χ1v) is 10.3. The van der Waals surface area contributed by atoms with Gasteiger partial charge in [0, 0.05) is 32.7 Å². The van der Waals surface area contributed by atoms with E-state index in [1.807, 2.05) is 6.07 Å². The van der Waals surface area contributed by atoms with E-state index in [-0.39, 0.29) is 18.4 Å². The van der Waals surface area contributed by atoms with Crippen molar-refractivity contribution in [3.8, 4) is 0 Å². The number of alkyl carbamates (subject to hydrolysis) is 1. The number of carbonyl (C=O) groups excluding carboxylic acids is 3. The first kappa shape index (κ1) is 24.8. The van der Waals surface area contributed by atoms with E-state index in [4.69, 9.17) is 4.74 Å². The number of hydrogen-bond donors (Lipinski definition) is 2. The van der Waals surface area contributed by atoms with Crippen molar-refractivity contribution in [3.63, 3.8) is 0 Å². The van der Waals surface area contributed by atoms with E-state index in [0.717, 1.165) is 5.56 Å². The fraction of sp³-hybridized carbons (Fsp3) is 0.375. The summed E-state index contributed by atoms with van der Waals surface area (Å²) >= 11 is 0. The van der Waals surface area contributed by atoms with Gasteiger partial charge in [-0.3, -0.25) is 9.59 Å². The van der Waals surface area contributed by atoms with Gasteiger partial charge in [-0.2, -0.15) is 0 Å². The zero-order valence-corrected chi connectivity index (χ0v) is 19.1. The Morgan fingerprint density at radius 1 is 1.09 bits per heavy atom. The fourth-order valence-corrected chi connectivity index (χ4v) is 2.92. The smallest absolute Gasteiger partial charge is 0.407 e. The average molecular weight is 444 g/mol. The Hall–Kier alpha value is -3.42. The van der Waals surface area contributed by atoms with E-state index in [1.54, 1.807) is 50.9 Å². The predicted molar refractivity (Wildman–Crippen MR) is 121 cm³/mol. The van der Waals surface area contributed by atoms with Crippen LogP contribution in [0, 0.1) is 5.82 Å². The van der Waals surface area contributed by atoms with E-state index in [2.05, 4.69) is 10.6 Å². The fourth-order valence-electron chi connectivity index (χ4n) is 2.92. The molecule has 2 aromatic rings. The molecule has 0 radical (unpaired) electrons. The van der Waals surface area contributed by atoms with Gasteiger partial charge in [0.1, 0.15) is 11.4 Å². The Bertz CT molecular complexity index is 954. The van der Waals surface area contributed by atoms with Crippen LogP contribution in [0.5, 0.6) is 0 Å². The van der Waals surface area contributed by atoms with Crippen LogP contribution >= 0.6 is 0 Å². The van der Waals surface area contributed by atoms with Crippen LogP contribution in [-0.4, -0.2) is 42.0 Å². The van der Waals surface area contributed by atoms with Gasteiger partial charge in [-0.15, -0.1) is 0 Å². The molecule has 0 aromatic heterocycles.